The van der Waals surface area contributed by atoms with Crippen LogP contribution in [0.25, 0.3) is 0 Å². The molecule has 1 aromatic carbocycles. The van der Waals surface area contributed by atoms with Crippen molar-refractivity contribution in [3.8, 4) is 5.75 Å². The van der Waals surface area contributed by atoms with Gasteiger partial charge in [0.1, 0.15) is 0 Å². The highest BCUT2D eigenvalue weighted by Gasteiger charge is 2.32. The van der Waals surface area contributed by atoms with Gasteiger partial charge in [-0.15, -0.1) is 0 Å². The van der Waals surface area contributed by atoms with Crippen LogP contribution in [0.3, 0.4) is 0 Å². The Morgan fingerprint density at radius 3 is 2.35 bits per heavy atom. The first-order valence-electron chi connectivity index (χ1n) is 8.09. The number of hydrogen-bond acceptors (Lipinski definition) is 3. The summed E-state index contributed by atoms with van der Waals surface area (Å²) in [6.45, 7) is 1.98. The quantitative estimate of drug-likeness (QED) is 0.848. The van der Waals surface area contributed by atoms with Gasteiger partial charge in [0.05, 0.1) is 0 Å². The van der Waals surface area contributed by atoms with E-state index in [-0.39, 0.29) is 30.1 Å². The Bertz CT molecular complexity index is 581. The lowest BCUT2D eigenvalue weighted by Crippen LogP contribution is -2.53. The summed E-state index contributed by atoms with van der Waals surface area (Å²) in [5.41, 5.74) is 0. The maximum atomic E-state index is 13.4. The zero-order valence-corrected chi connectivity index (χ0v) is 13.0. The Morgan fingerprint density at radius 1 is 1.09 bits per heavy atom. The van der Waals surface area contributed by atoms with Gasteiger partial charge >= 0.3 is 0 Å². The Kier molecular flexibility index (Phi) is 4.79. The monoisotopic (exact) mass is 320 g/mol. The number of carbonyl (C=O) groups excluding carboxylic acids is 2. The van der Waals surface area contributed by atoms with Crippen LogP contribution in [0.15, 0.2) is 24.3 Å². The highest BCUT2D eigenvalue weighted by molar-refractivity contribution is 5.81. The molecule has 1 aliphatic carbocycles. The van der Waals surface area contributed by atoms with Crippen LogP contribution in [0.2, 0.25) is 0 Å². The van der Waals surface area contributed by atoms with Crippen molar-refractivity contribution in [3.05, 3.63) is 30.1 Å². The topological polar surface area (TPSA) is 49.9 Å². The molecule has 0 N–H and O–H groups in total. The van der Waals surface area contributed by atoms with Gasteiger partial charge in [0.2, 0.25) is 5.91 Å². The molecule has 0 aromatic heterocycles. The second-order valence-corrected chi connectivity index (χ2v) is 6.05. The predicted octanol–water partition coefficient (Wildman–Crippen LogP) is 1.68. The normalized spacial score (nSPS) is 18.5. The summed E-state index contributed by atoms with van der Waals surface area (Å²) in [5.74, 6) is -0.146. The molecule has 2 amide bonds. The molecule has 2 fully saturated rings. The van der Waals surface area contributed by atoms with Crippen molar-refractivity contribution in [2.24, 2.45) is 5.92 Å². The van der Waals surface area contributed by atoms with Gasteiger partial charge in [-0.3, -0.25) is 9.59 Å². The third kappa shape index (κ3) is 3.63. The highest BCUT2D eigenvalue weighted by Crippen LogP contribution is 2.28. The molecule has 6 heteroatoms. The van der Waals surface area contributed by atoms with Crippen LogP contribution < -0.4 is 4.74 Å². The Labute approximate surface area is 135 Å². The molecule has 0 bridgehead atoms. The lowest BCUT2D eigenvalue weighted by atomic mass is 9.84. The summed E-state index contributed by atoms with van der Waals surface area (Å²) < 4.78 is 18.7. The SMILES string of the molecule is O=C(COc1ccccc1F)N1CCN(C(=O)C2CCC2)CC1. The number of piperazine rings is 1. The van der Waals surface area contributed by atoms with Gasteiger partial charge in [-0.25, -0.2) is 4.39 Å². The molecule has 0 atom stereocenters. The van der Waals surface area contributed by atoms with Gasteiger partial charge in [-0.2, -0.15) is 0 Å². The molecule has 0 spiro atoms. The lowest BCUT2D eigenvalue weighted by Gasteiger charge is -2.38. The van der Waals surface area contributed by atoms with Gasteiger partial charge in [0, 0.05) is 32.1 Å². The number of para-hydroxylation sites is 1. The number of amides is 2. The second-order valence-electron chi connectivity index (χ2n) is 6.05. The predicted molar refractivity (Wildman–Crippen MR) is 82.4 cm³/mol. The minimum absolute atomic E-state index is 0.0830. The average Bonchev–Trinajstić information content (AvgIpc) is 2.52. The van der Waals surface area contributed by atoms with Crippen molar-refractivity contribution in [3.63, 3.8) is 0 Å². The van der Waals surface area contributed by atoms with Crippen molar-refractivity contribution in [2.75, 3.05) is 32.8 Å². The molecule has 0 radical (unpaired) electrons. The molecule has 5 nitrogen and oxygen atoms in total. The van der Waals surface area contributed by atoms with Gasteiger partial charge in [0.15, 0.2) is 18.2 Å². The van der Waals surface area contributed by atoms with Crippen LogP contribution in [-0.2, 0) is 9.59 Å². The van der Waals surface area contributed by atoms with Crippen molar-refractivity contribution in [1.82, 2.24) is 9.80 Å². The molecule has 1 heterocycles. The van der Waals surface area contributed by atoms with Crippen LogP contribution in [0.5, 0.6) is 5.75 Å². The zero-order chi connectivity index (χ0) is 16.2. The third-order valence-electron chi connectivity index (χ3n) is 4.59. The maximum Gasteiger partial charge on any atom is 0.260 e. The van der Waals surface area contributed by atoms with E-state index in [1.807, 2.05) is 4.90 Å². The molecule has 3 rings (SSSR count). The van der Waals surface area contributed by atoms with Crippen molar-refractivity contribution in [2.45, 2.75) is 19.3 Å². The molecule has 124 valence electrons. The van der Waals surface area contributed by atoms with Crippen molar-refractivity contribution >= 4 is 11.8 Å². The molecule has 0 unspecified atom stereocenters. The van der Waals surface area contributed by atoms with Crippen LogP contribution in [0.4, 0.5) is 4.39 Å². The fourth-order valence-corrected chi connectivity index (χ4v) is 2.88. The third-order valence-corrected chi connectivity index (χ3v) is 4.59. The summed E-state index contributed by atoms with van der Waals surface area (Å²) in [5, 5.41) is 0. The molecule has 1 aromatic rings. The lowest BCUT2D eigenvalue weighted by molar-refractivity contribution is -0.144. The van der Waals surface area contributed by atoms with E-state index in [4.69, 9.17) is 4.74 Å². The first kappa shape index (κ1) is 15.8. The fraction of sp³-hybridized carbons (Fsp3) is 0.529. The molecular formula is C17H21FN2O3. The number of hydrogen-bond donors (Lipinski definition) is 0. The first-order chi connectivity index (χ1) is 11.1. The van der Waals surface area contributed by atoms with Crippen LogP contribution in [0, 0.1) is 11.7 Å². The van der Waals surface area contributed by atoms with E-state index in [9.17, 15) is 14.0 Å². The molecule has 1 aliphatic heterocycles. The Hall–Kier alpha value is -2.11. The zero-order valence-electron chi connectivity index (χ0n) is 13.0. The number of carbonyl (C=O) groups is 2. The molecule has 1 saturated carbocycles. The number of halogens is 1. The average molecular weight is 320 g/mol. The smallest absolute Gasteiger partial charge is 0.260 e. The summed E-state index contributed by atoms with van der Waals surface area (Å²) in [7, 11) is 0. The van der Waals surface area contributed by atoms with E-state index in [0.717, 1.165) is 19.3 Å². The summed E-state index contributed by atoms with van der Waals surface area (Å²) in [6, 6.07) is 6.03. The molecule has 23 heavy (non-hydrogen) atoms. The standard InChI is InChI=1S/C17H21FN2O3/c18-14-6-1-2-7-15(14)23-12-16(21)19-8-10-20(11-9-19)17(22)13-4-3-5-13/h1-2,6-7,13H,3-5,8-12H2. The van der Waals surface area contributed by atoms with Crippen LogP contribution in [-0.4, -0.2) is 54.4 Å². The second kappa shape index (κ2) is 6.98. The van der Waals surface area contributed by atoms with E-state index < -0.39 is 5.82 Å². The summed E-state index contributed by atoms with van der Waals surface area (Å²) in [6.07, 6.45) is 3.13. The van der Waals surface area contributed by atoms with Gasteiger partial charge in [-0.05, 0) is 25.0 Å². The van der Waals surface area contributed by atoms with Crippen molar-refractivity contribution < 1.29 is 18.7 Å². The van der Waals surface area contributed by atoms with Gasteiger partial charge < -0.3 is 14.5 Å². The van der Waals surface area contributed by atoms with Crippen LogP contribution in [0.1, 0.15) is 19.3 Å². The fourth-order valence-electron chi connectivity index (χ4n) is 2.88. The van der Waals surface area contributed by atoms with Gasteiger partial charge in [-0.1, -0.05) is 18.6 Å². The summed E-state index contributed by atoms with van der Waals surface area (Å²) in [4.78, 5) is 27.8. The Morgan fingerprint density at radius 2 is 1.74 bits per heavy atom. The van der Waals surface area contributed by atoms with E-state index in [2.05, 4.69) is 0 Å². The van der Waals surface area contributed by atoms with Crippen molar-refractivity contribution in [1.29, 1.82) is 0 Å². The summed E-state index contributed by atoms with van der Waals surface area (Å²) >= 11 is 0. The van der Waals surface area contributed by atoms with E-state index in [1.54, 1.807) is 17.0 Å². The number of rotatable bonds is 4. The van der Waals surface area contributed by atoms with E-state index >= 15 is 0 Å². The number of ether oxygens (including phenoxy) is 1. The molecular weight excluding hydrogens is 299 g/mol. The molecule has 1 saturated heterocycles. The Balaban J connectivity index is 1.45. The van der Waals surface area contributed by atoms with Crippen LogP contribution >= 0.6 is 0 Å². The van der Waals surface area contributed by atoms with Gasteiger partial charge in [0.25, 0.3) is 5.91 Å². The minimum Gasteiger partial charge on any atom is -0.481 e. The minimum atomic E-state index is -0.476. The first-order valence-corrected chi connectivity index (χ1v) is 8.09. The largest absolute Gasteiger partial charge is 0.481 e. The molecule has 2 aliphatic rings. The maximum absolute atomic E-state index is 13.4. The van der Waals surface area contributed by atoms with E-state index in [0.29, 0.717) is 26.2 Å². The van der Waals surface area contributed by atoms with E-state index in [1.165, 1.54) is 12.1 Å². The number of nitrogens with zero attached hydrogens (tertiary/aromatic N) is 2. The number of benzene rings is 1. The highest BCUT2D eigenvalue weighted by atomic mass is 19.1.